The van der Waals surface area contributed by atoms with Crippen molar-refractivity contribution in [2.45, 2.75) is 0 Å². The molecule has 2 aromatic heterocycles. The maximum Gasteiger partial charge on any atom is 0.282 e. The largest absolute Gasteiger partial charge is 0.332 e. The lowest BCUT2D eigenvalue weighted by atomic mass is 10.2. The summed E-state index contributed by atoms with van der Waals surface area (Å²) in [5.74, 6) is -0.537. The first-order valence-corrected chi connectivity index (χ1v) is 8.84. The molecule has 6 nitrogen and oxygen atoms in total. The molecule has 0 N–H and O–H groups in total. The van der Waals surface area contributed by atoms with Crippen LogP contribution in [-0.2, 0) is 0 Å². The third-order valence-corrected chi connectivity index (χ3v) is 4.49. The number of hydrogen-bond acceptors (Lipinski definition) is 5. The molecule has 4 aromatic rings. The molecule has 9 heteroatoms. The standard InChI is InChI=1S/C18H9BrClFN4O2/c19-11-2-1-3-12(9-11)25-7-6-15(26)16(23-25)18-22-17(24-27-18)10-4-5-13(20)14(21)8-10/h1-9H. The molecule has 0 amide bonds. The molecule has 2 aromatic carbocycles. The van der Waals surface area contributed by atoms with Gasteiger partial charge in [0.05, 0.1) is 10.7 Å². The molecule has 0 aliphatic carbocycles. The Morgan fingerprint density at radius 1 is 1.15 bits per heavy atom. The molecule has 0 radical (unpaired) electrons. The van der Waals surface area contributed by atoms with Crippen LogP contribution >= 0.6 is 27.5 Å². The van der Waals surface area contributed by atoms with E-state index in [1.165, 1.54) is 22.9 Å². The predicted molar refractivity (Wildman–Crippen MR) is 101 cm³/mol. The van der Waals surface area contributed by atoms with E-state index in [0.29, 0.717) is 5.56 Å². The van der Waals surface area contributed by atoms with Gasteiger partial charge in [-0.25, -0.2) is 9.07 Å². The average molecular weight is 448 g/mol. The van der Waals surface area contributed by atoms with Crippen molar-refractivity contribution in [3.63, 3.8) is 0 Å². The highest BCUT2D eigenvalue weighted by Gasteiger charge is 2.17. The van der Waals surface area contributed by atoms with E-state index in [0.717, 1.165) is 10.2 Å². The molecule has 27 heavy (non-hydrogen) atoms. The van der Waals surface area contributed by atoms with Crippen LogP contribution in [0.5, 0.6) is 0 Å². The zero-order chi connectivity index (χ0) is 19.0. The molecule has 0 unspecified atom stereocenters. The summed E-state index contributed by atoms with van der Waals surface area (Å²) in [6.07, 6.45) is 1.54. The lowest BCUT2D eigenvalue weighted by Crippen LogP contribution is -2.12. The minimum atomic E-state index is -0.602. The predicted octanol–water partition coefficient (Wildman–Crippen LogP) is 4.50. The van der Waals surface area contributed by atoms with Gasteiger partial charge in [0.25, 0.3) is 5.89 Å². The van der Waals surface area contributed by atoms with Crippen LogP contribution in [0.25, 0.3) is 28.7 Å². The second-order valence-electron chi connectivity index (χ2n) is 5.51. The highest BCUT2D eigenvalue weighted by molar-refractivity contribution is 9.10. The number of halogens is 3. The fraction of sp³-hybridized carbons (Fsp3) is 0. The molecule has 0 saturated heterocycles. The van der Waals surface area contributed by atoms with Gasteiger partial charge in [-0.1, -0.05) is 38.8 Å². The van der Waals surface area contributed by atoms with Crippen LogP contribution in [0, 0.1) is 5.82 Å². The van der Waals surface area contributed by atoms with Crippen molar-refractivity contribution in [1.29, 1.82) is 0 Å². The monoisotopic (exact) mass is 446 g/mol. The maximum atomic E-state index is 13.6. The highest BCUT2D eigenvalue weighted by Crippen LogP contribution is 2.24. The third kappa shape index (κ3) is 3.54. The summed E-state index contributed by atoms with van der Waals surface area (Å²) in [5.41, 5.74) is 0.727. The molecule has 0 aliphatic rings. The van der Waals surface area contributed by atoms with E-state index < -0.39 is 5.82 Å². The number of nitrogens with zero attached hydrogens (tertiary/aromatic N) is 4. The molecule has 134 valence electrons. The smallest absolute Gasteiger partial charge is 0.282 e. The van der Waals surface area contributed by atoms with Crippen molar-refractivity contribution in [3.05, 3.63) is 80.3 Å². The second kappa shape index (κ2) is 7.05. The van der Waals surface area contributed by atoms with Gasteiger partial charge in [-0.05, 0) is 36.4 Å². The lowest BCUT2D eigenvalue weighted by Gasteiger charge is -2.06. The van der Waals surface area contributed by atoms with Gasteiger partial charge in [0.1, 0.15) is 5.82 Å². The van der Waals surface area contributed by atoms with Crippen LogP contribution in [0.4, 0.5) is 4.39 Å². The fourth-order valence-electron chi connectivity index (χ4n) is 2.39. The Morgan fingerprint density at radius 3 is 2.78 bits per heavy atom. The van der Waals surface area contributed by atoms with E-state index in [-0.39, 0.29) is 27.9 Å². The van der Waals surface area contributed by atoms with Crippen LogP contribution in [0.1, 0.15) is 0 Å². The number of hydrogen-bond donors (Lipinski definition) is 0. The van der Waals surface area contributed by atoms with E-state index in [9.17, 15) is 9.18 Å². The zero-order valence-electron chi connectivity index (χ0n) is 13.4. The number of rotatable bonds is 3. The van der Waals surface area contributed by atoms with Crippen molar-refractivity contribution in [1.82, 2.24) is 19.9 Å². The van der Waals surface area contributed by atoms with E-state index >= 15 is 0 Å². The molecule has 0 aliphatic heterocycles. The topological polar surface area (TPSA) is 73.8 Å². The molecule has 0 atom stereocenters. The van der Waals surface area contributed by atoms with E-state index in [1.54, 1.807) is 12.3 Å². The lowest BCUT2D eigenvalue weighted by molar-refractivity contribution is 0.429. The van der Waals surface area contributed by atoms with Gasteiger partial charge in [0.15, 0.2) is 5.69 Å². The Morgan fingerprint density at radius 2 is 2.00 bits per heavy atom. The molecule has 0 saturated carbocycles. The normalized spacial score (nSPS) is 10.9. The Balaban J connectivity index is 1.76. The molecule has 0 bridgehead atoms. The first kappa shape index (κ1) is 17.6. The molecule has 4 rings (SSSR count). The van der Waals surface area contributed by atoms with Crippen LogP contribution in [-0.4, -0.2) is 19.9 Å². The SMILES string of the molecule is O=c1ccn(-c2cccc(Br)c2)nc1-c1nc(-c2ccc(Cl)c(F)c2)no1. The quantitative estimate of drug-likeness (QED) is 0.462. The molecular formula is C18H9BrClFN4O2. The summed E-state index contributed by atoms with van der Waals surface area (Å²) in [6.45, 7) is 0. The van der Waals surface area contributed by atoms with Gasteiger partial charge in [-0.3, -0.25) is 4.79 Å². The Hall–Kier alpha value is -2.84. The summed E-state index contributed by atoms with van der Waals surface area (Å²) >= 11 is 9.07. The third-order valence-electron chi connectivity index (χ3n) is 3.69. The van der Waals surface area contributed by atoms with E-state index in [2.05, 4.69) is 31.2 Å². The minimum Gasteiger partial charge on any atom is -0.332 e. The minimum absolute atomic E-state index is 0.00865. The van der Waals surface area contributed by atoms with Crippen LogP contribution in [0.2, 0.25) is 5.02 Å². The number of benzene rings is 2. The fourth-order valence-corrected chi connectivity index (χ4v) is 2.90. The van der Waals surface area contributed by atoms with Gasteiger partial charge in [0, 0.05) is 22.3 Å². The van der Waals surface area contributed by atoms with Crippen molar-refractivity contribution in [2.75, 3.05) is 0 Å². The van der Waals surface area contributed by atoms with Crippen LogP contribution in [0.3, 0.4) is 0 Å². The van der Waals surface area contributed by atoms with Gasteiger partial charge in [0.2, 0.25) is 11.3 Å². The first-order chi connectivity index (χ1) is 13.0. The first-order valence-electron chi connectivity index (χ1n) is 7.67. The zero-order valence-corrected chi connectivity index (χ0v) is 15.8. The second-order valence-corrected chi connectivity index (χ2v) is 6.83. The summed E-state index contributed by atoms with van der Waals surface area (Å²) in [4.78, 5) is 16.4. The van der Waals surface area contributed by atoms with E-state index in [4.69, 9.17) is 16.1 Å². The molecular weight excluding hydrogens is 439 g/mol. The summed E-state index contributed by atoms with van der Waals surface area (Å²) in [6, 6.07) is 12.9. The highest BCUT2D eigenvalue weighted by atomic mass is 79.9. The summed E-state index contributed by atoms with van der Waals surface area (Å²) < 4.78 is 21.2. The van der Waals surface area contributed by atoms with Gasteiger partial charge in [-0.2, -0.15) is 10.1 Å². The van der Waals surface area contributed by atoms with Crippen molar-refractivity contribution < 1.29 is 8.91 Å². The van der Waals surface area contributed by atoms with Gasteiger partial charge in [-0.15, -0.1) is 0 Å². The number of aromatic nitrogens is 4. The maximum absolute atomic E-state index is 13.6. The van der Waals surface area contributed by atoms with Crippen molar-refractivity contribution in [3.8, 4) is 28.7 Å². The Labute approximate surface area is 165 Å². The van der Waals surface area contributed by atoms with Gasteiger partial charge < -0.3 is 4.52 Å². The molecule has 0 spiro atoms. The van der Waals surface area contributed by atoms with Crippen molar-refractivity contribution in [2.24, 2.45) is 0 Å². The summed E-state index contributed by atoms with van der Waals surface area (Å²) in [5, 5.41) is 8.07. The van der Waals surface area contributed by atoms with Crippen LogP contribution in [0.15, 0.2) is 68.5 Å². The Bertz CT molecular complexity index is 1210. The average Bonchev–Trinajstić information content (AvgIpc) is 3.14. The van der Waals surface area contributed by atoms with Gasteiger partial charge >= 0.3 is 0 Å². The molecule has 2 heterocycles. The molecule has 0 fully saturated rings. The van der Waals surface area contributed by atoms with Crippen molar-refractivity contribution >= 4 is 27.5 Å². The van der Waals surface area contributed by atoms with Crippen LogP contribution < -0.4 is 5.43 Å². The summed E-state index contributed by atoms with van der Waals surface area (Å²) in [7, 11) is 0. The Kier molecular flexibility index (Phi) is 4.59. The van der Waals surface area contributed by atoms with E-state index in [1.807, 2.05) is 24.3 Å².